The second-order valence-corrected chi connectivity index (χ2v) is 6.83. The normalized spacial score (nSPS) is 24.6. The van der Waals surface area contributed by atoms with Crippen LogP contribution in [0.25, 0.3) is 0 Å². The van der Waals surface area contributed by atoms with Crippen molar-refractivity contribution in [3.05, 3.63) is 71.8 Å². The van der Waals surface area contributed by atoms with E-state index in [-0.39, 0.29) is 0 Å². The Bertz CT molecular complexity index is 639. The molecule has 2 aliphatic rings. The highest BCUT2D eigenvalue weighted by atomic mass is 32.2. The first-order valence-corrected chi connectivity index (χ1v) is 8.47. The van der Waals surface area contributed by atoms with E-state index in [1.807, 2.05) is 0 Å². The minimum atomic E-state index is 0.341. The highest BCUT2D eigenvalue weighted by molar-refractivity contribution is 8.00. The van der Waals surface area contributed by atoms with E-state index in [1.54, 1.807) is 0 Å². The van der Waals surface area contributed by atoms with Gasteiger partial charge in [0.25, 0.3) is 0 Å². The summed E-state index contributed by atoms with van der Waals surface area (Å²) in [7, 11) is 0. The summed E-state index contributed by atoms with van der Waals surface area (Å²) < 4.78 is 0. The van der Waals surface area contributed by atoms with Crippen LogP contribution in [0.1, 0.15) is 29.2 Å². The molecule has 21 heavy (non-hydrogen) atoms. The van der Waals surface area contributed by atoms with Crippen molar-refractivity contribution in [3.8, 4) is 0 Å². The zero-order valence-corrected chi connectivity index (χ0v) is 12.7. The van der Waals surface area contributed by atoms with Gasteiger partial charge in [0.05, 0.1) is 16.3 Å². The van der Waals surface area contributed by atoms with Gasteiger partial charge >= 0.3 is 0 Å². The number of thioether (sulfide) groups is 1. The lowest BCUT2D eigenvalue weighted by atomic mass is 10.0. The molecule has 3 heteroatoms. The van der Waals surface area contributed by atoms with Crippen molar-refractivity contribution in [1.29, 1.82) is 0 Å². The third kappa shape index (κ3) is 2.46. The Morgan fingerprint density at radius 1 is 0.952 bits per heavy atom. The molecule has 4 rings (SSSR count). The molecule has 0 radical (unpaired) electrons. The number of hydrazone groups is 1. The summed E-state index contributed by atoms with van der Waals surface area (Å²) in [6, 6.07) is 21.4. The van der Waals surface area contributed by atoms with Gasteiger partial charge in [-0.05, 0) is 24.0 Å². The molecule has 0 saturated carbocycles. The highest BCUT2D eigenvalue weighted by Gasteiger charge is 2.35. The second-order valence-electron chi connectivity index (χ2n) is 5.54. The summed E-state index contributed by atoms with van der Waals surface area (Å²) in [4.78, 5) is 0. The van der Waals surface area contributed by atoms with Gasteiger partial charge < -0.3 is 0 Å². The van der Waals surface area contributed by atoms with Crippen molar-refractivity contribution in [2.45, 2.75) is 23.5 Å². The van der Waals surface area contributed by atoms with Crippen LogP contribution in [-0.2, 0) is 0 Å². The molecular weight excluding hydrogens is 276 g/mol. The molecule has 2 aliphatic heterocycles. The zero-order chi connectivity index (χ0) is 14.1. The highest BCUT2D eigenvalue weighted by Crippen LogP contribution is 2.44. The van der Waals surface area contributed by atoms with Crippen LogP contribution in [0.2, 0.25) is 0 Å². The van der Waals surface area contributed by atoms with Gasteiger partial charge in [-0.1, -0.05) is 60.7 Å². The van der Waals surface area contributed by atoms with Gasteiger partial charge in [-0.3, -0.25) is 5.01 Å². The van der Waals surface area contributed by atoms with Crippen molar-refractivity contribution >= 4 is 17.5 Å². The molecule has 0 aromatic heterocycles. The number of benzene rings is 2. The molecule has 2 aromatic rings. The fourth-order valence-corrected chi connectivity index (χ4v) is 4.60. The molecule has 1 saturated heterocycles. The zero-order valence-electron chi connectivity index (χ0n) is 11.9. The smallest absolute Gasteiger partial charge is 0.0933 e. The van der Waals surface area contributed by atoms with Crippen LogP contribution in [0, 0.1) is 0 Å². The average molecular weight is 294 g/mol. The maximum Gasteiger partial charge on any atom is 0.0933 e. The second kappa shape index (κ2) is 5.57. The van der Waals surface area contributed by atoms with E-state index in [0.717, 1.165) is 6.54 Å². The first-order chi connectivity index (χ1) is 10.4. The Hall–Kier alpha value is -1.74. The van der Waals surface area contributed by atoms with E-state index < -0.39 is 0 Å². The monoisotopic (exact) mass is 294 g/mol. The molecule has 0 N–H and O–H groups in total. The topological polar surface area (TPSA) is 15.6 Å². The van der Waals surface area contributed by atoms with Gasteiger partial charge in [0.2, 0.25) is 0 Å². The van der Waals surface area contributed by atoms with E-state index in [9.17, 15) is 0 Å². The Balaban J connectivity index is 1.78. The molecule has 2 atom stereocenters. The van der Waals surface area contributed by atoms with E-state index in [0.29, 0.717) is 10.6 Å². The Morgan fingerprint density at radius 3 is 2.43 bits per heavy atom. The van der Waals surface area contributed by atoms with E-state index in [1.165, 1.54) is 29.7 Å². The number of rotatable bonds is 2. The van der Waals surface area contributed by atoms with Crippen LogP contribution in [0.4, 0.5) is 0 Å². The summed E-state index contributed by atoms with van der Waals surface area (Å²) in [6.45, 7) is 1.09. The van der Waals surface area contributed by atoms with Crippen LogP contribution < -0.4 is 0 Å². The fraction of sp³-hybridized carbons (Fsp3) is 0.278. The first-order valence-electron chi connectivity index (χ1n) is 7.53. The summed E-state index contributed by atoms with van der Waals surface area (Å²) in [5, 5.41) is 8.17. The molecule has 0 aliphatic carbocycles. The number of nitrogens with zero attached hydrogens (tertiary/aromatic N) is 2. The average Bonchev–Trinajstić information content (AvgIpc) is 3.03. The molecule has 0 spiro atoms. The van der Waals surface area contributed by atoms with Gasteiger partial charge in [0.1, 0.15) is 0 Å². The standard InChI is InChI=1S/C18H18N2S/c1-3-8-14(9-4-1)17-18(15-10-5-2-6-11-15)21-16-12-7-13-20(16)19-17/h1-6,8-11,16,18H,7,12-13H2. The predicted molar refractivity (Wildman–Crippen MR) is 89.5 cm³/mol. The van der Waals surface area contributed by atoms with Crippen LogP contribution in [-0.4, -0.2) is 22.6 Å². The predicted octanol–water partition coefficient (Wildman–Crippen LogP) is 4.30. The van der Waals surface area contributed by atoms with Gasteiger partial charge in [0, 0.05) is 6.54 Å². The number of hydrogen-bond donors (Lipinski definition) is 0. The lowest BCUT2D eigenvalue weighted by Gasteiger charge is -2.33. The fourth-order valence-electron chi connectivity index (χ4n) is 3.07. The Labute approximate surface area is 129 Å². The van der Waals surface area contributed by atoms with Crippen LogP contribution in [0.5, 0.6) is 0 Å². The molecule has 2 unspecified atom stereocenters. The Kier molecular flexibility index (Phi) is 3.44. The van der Waals surface area contributed by atoms with Gasteiger partial charge in [0.15, 0.2) is 0 Å². The summed E-state index contributed by atoms with van der Waals surface area (Å²) in [5.41, 5.74) is 3.80. The van der Waals surface area contributed by atoms with E-state index in [4.69, 9.17) is 5.10 Å². The molecule has 1 fully saturated rings. The third-order valence-electron chi connectivity index (χ3n) is 4.12. The molecule has 0 amide bonds. The van der Waals surface area contributed by atoms with Crippen molar-refractivity contribution in [2.75, 3.05) is 6.54 Å². The maximum atomic E-state index is 5.00. The molecule has 2 nitrogen and oxygen atoms in total. The summed E-state index contributed by atoms with van der Waals surface area (Å²) in [5.74, 6) is 0. The van der Waals surface area contributed by atoms with E-state index in [2.05, 4.69) is 77.4 Å². The lowest BCUT2D eigenvalue weighted by molar-refractivity contribution is 0.331. The minimum absolute atomic E-state index is 0.341. The SMILES string of the molecule is c1ccc(C2=NN3CCCC3SC2c2ccccc2)cc1. The van der Waals surface area contributed by atoms with Gasteiger partial charge in [-0.25, -0.2) is 0 Å². The summed E-state index contributed by atoms with van der Waals surface area (Å²) >= 11 is 2.05. The van der Waals surface area contributed by atoms with Crippen LogP contribution in [0.15, 0.2) is 65.8 Å². The molecule has 0 bridgehead atoms. The molecule has 2 heterocycles. The molecular formula is C18H18N2S. The first kappa shape index (κ1) is 13.0. The largest absolute Gasteiger partial charge is 0.284 e. The van der Waals surface area contributed by atoms with Crippen molar-refractivity contribution < 1.29 is 0 Å². The van der Waals surface area contributed by atoms with E-state index >= 15 is 0 Å². The van der Waals surface area contributed by atoms with Crippen molar-refractivity contribution in [3.63, 3.8) is 0 Å². The lowest BCUT2D eigenvalue weighted by Crippen LogP contribution is -2.31. The number of fused-ring (bicyclic) bond motifs is 1. The van der Waals surface area contributed by atoms with Crippen LogP contribution in [0.3, 0.4) is 0 Å². The van der Waals surface area contributed by atoms with Crippen LogP contribution >= 0.6 is 11.8 Å². The quantitative estimate of drug-likeness (QED) is 0.820. The summed E-state index contributed by atoms with van der Waals surface area (Å²) in [6.07, 6.45) is 2.50. The maximum absolute atomic E-state index is 5.00. The molecule has 106 valence electrons. The third-order valence-corrected chi connectivity index (χ3v) is 5.68. The Morgan fingerprint density at radius 2 is 1.67 bits per heavy atom. The van der Waals surface area contributed by atoms with Crippen molar-refractivity contribution in [1.82, 2.24) is 5.01 Å². The van der Waals surface area contributed by atoms with Gasteiger partial charge in [-0.15, -0.1) is 11.8 Å². The minimum Gasteiger partial charge on any atom is -0.284 e. The molecule has 2 aromatic carbocycles. The number of hydrogen-bond acceptors (Lipinski definition) is 3. The van der Waals surface area contributed by atoms with Gasteiger partial charge in [-0.2, -0.15) is 5.10 Å². The van der Waals surface area contributed by atoms with Crippen molar-refractivity contribution in [2.24, 2.45) is 5.10 Å².